The molecule has 2 rings (SSSR count). The number of aliphatic imine (C=N–C) groups is 1. The molecule has 0 radical (unpaired) electrons. The van der Waals surface area contributed by atoms with Crippen LogP contribution in [0.4, 0.5) is 0 Å². The van der Waals surface area contributed by atoms with Crippen LogP contribution < -0.4 is 0 Å². The molecule has 0 aliphatic heterocycles. The second kappa shape index (κ2) is 5.08. The maximum Gasteiger partial charge on any atom is 0.235 e. The topological polar surface area (TPSA) is 63.6 Å². The Kier molecular flexibility index (Phi) is 3.81. The molecule has 1 fully saturated rings. The maximum absolute atomic E-state index is 11.6. The van der Waals surface area contributed by atoms with E-state index in [-0.39, 0.29) is 4.90 Å². The van der Waals surface area contributed by atoms with Gasteiger partial charge in [-0.05, 0) is 31.0 Å². The van der Waals surface area contributed by atoms with Crippen LogP contribution in [-0.4, -0.2) is 20.8 Å². The van der Waals surface area contributed by atoms with E-state index >= 15 is 0 Å². The minimum absolute atomic E-state index is 0.194. The Morgan fingerprint density at radius 3 is 2.47 bits per heavy atom. The Morgan fingerprint density at radius 1 is 1.32 bits per heavy atom. The minimum Gasteiger partial charge on any atom is -0.224 e. The summed E-state index contributed by atoms with van der Waals surface area (Å²) in [5.41, 5.74) is -0.0996. The molecule has 4 nitrogen and oxygen atoms in total. The van der Waals surface area contributed by atoms with Crippen molar-refractivity contribution in [2.45, 2.75) is 36.1 Å². The summed E-state index contributed by atoms with van der Waals surface area (Å²) in [7, 11) is -3.31. The van der Waals surface area contributed by atoms with Gasteiger partial charge in [0.2, 0.25) is 6.08 Å². The van der Waals surface area contributed by atoms with E-state index in [1.54, 1.807) is 12.1 Å². The second-order valence-corrected chi connectivity index (χ2v) is 7.28. The number of hydrogen-bond acceptors (Lipinski definition) is 4. The molecule has 0 heterocycles. The fourth-order valence-electron chi connectivity index (χ4n) is 2.58. The normalized spacial score (nSPS) is 18.0. The van der Waals surface area contributed by atoms with Gasteiger partial charge in [-0.2, -0.15) is 4.99 Å². The van der Waals surface area contributed by atoms with E-state index in [9.17, 15) is 13.2 Å². The average Bonchev–Trinajstić information content (AvgIpc) is 2.78. The Labute approximate surface area is 117 Å². The van der Waals surface area contributed by atoms with Gasteiger partial charge >= 0.3 is 0 Å². The van der Waals surface area contributed by atoms with E-state index in [0.717, 1.165) is 19.1 Å². The summed E-state index contributed by atoms with van der Waals surface area (Å²) in [5, 5.41) is 0.438. The van der Waals surface area contributed by atoms with Gasteiger partial charge in [0, 0.05) is 16.8 Å². The molecule has 1 aliphatic carbocycles. The van der Waals surface area contributed by atoms with E-state index in [0.29, 0.717) is 23.4 Å². The highest BCUT2D eigenvalue weighted by molar-refractivity contribution is 7.90. The summed E-state index contributed by atoms with van der Waals surface area (Å²) in [6.07, 6.45) is 5.99. The summed E-state index contributed by atoms with van der Waals surface area (Å²) in [4.78, 5) is 14.8. The number of benzene rings is 1. The molecule has 0 saturated heterocycles. The highest BCUT2D eigenvalue weighted by Crippen LogP contribution is 2.45. The molecule has 0 N–H and O–H groups in total. The second-order valence-electron chi connectivity index (χ2n) is 4.86. The smallest absolute Gasteiger partial charge is 0.224 e. The third-order valence-electron chi connectivity index (χ3n) is 3.56. The van der Waals surface area contributed by atoms with E-state index < -0.39 is 15.4 Å². The molecule has 102 valence electrons. The van der Waals surface area contributed by atoms with Crippen molar-refractivity contribution in [2.75, 3.05) is 6.26 Å². The monoisotopic (exact) mass is 299 g/mol. The number of carbonyl (C=O) groups excluding carboxylic acids is 1. The molecule has 0 spiro atoms. The molecule has 1 saturated carbocycles. The first-order valence-corrected chi connectivity index (χ1v) is 8.25. The summed E-state index contributed by atoms with van der Waals surface area (Å²) < 4.78 is 23.2. The van der Waals surface area contributed by atoms with Crippen LogP contribution in [0, 0.1) is 0 Å². The van der Waals surface area contributed by atoms with Crippen LogP contribution in [0.3, 0.4) is 0 Å². The molecular formula is C13H14ClNO3S. The molecular weight excluding hydrogens is 286 g/mol. The molecule has 0 amide bonds. The van der Waals surface area contributed by atoms with Gasteiger partial charge in [-0.25, -0.2) is 13.2 Å². The van der Waals surface area contributed by atoms with E-state index in [2.05, 4.69) is 4.99 Å². The molecule has 0 aromatic heterocycles. The van der Waals surface area contributed by atoms with Crippen LogP contribution in [0.15, 0.2) is 28.1 Å². The molecule has 1 aromatic carbocycles. The van der Waals surface area contributed by atoms with E-state index in [1.807, 2.05) is 0 Å². The van der Waals surface area contributed by atoms with Gasteiger partial charge in [-0.1, -0.05) is 24.4 Å². The van der Waals surface area contributed by atoms with Crippen LogP contribution in [0.25, 0.3) is 0 Å². The van der Waals surface area contributed by atoms with E-state index in [4.69, 9.17) is 11.6 Å². The number of rotatable bonds is 3. The Morgan fingerprint density at radius 2 is 1.95 bits per heavy atom. The van der Waals surface area contributed by atoms with Gasteiger partial charge in [-0.3, -0.25) is 0 Å². The van der Waals surface area contributed by atoms with Crippen molar-refractivity contribution in [3.8, 4) is 0 Å². The molecule has 6 heteroatoms. The summed E-state index contributed by atoms with van der Waals surface area (Å²) in [6, 6.07) is 4.55. The summed E-state index contributed by atoms with van der Waals surface area (Å²) in [6.45, 7) is 0. The third kappa shape index (κ3) is 2.73. The van der Waals surface area contributed by atoms with Crippen molar-refractivity contribution in [1.29, 1.82) is 0 Å². The van der Waals surface area contributed by atoms with Gasteiger partial charge in [0.15, 0.2) is 9.84 Å². The molecule has 19 heavy (non-hydrogen) atoms. The quantitative estimate of drug-likeness (QED) is 0.637. The van der Waals surface area contributed by atoms with Crippen molar-refractivity contribution in [2.24, 2.45) is 4.99 Å². The largest absolute Gasteiger partial charge is 0.235 e. The highest BCUT2D eigenvalue weighted by Gasteiger charge is 2.37. The van der Waals surface area contributed by atoms with Crippen molar-refractivity contribution < 1.29 is 13.2 Å². The van der Waals surface area contributed by atoms with Gasteiger partial charge < -0.3 is 0 Å². The lowest BCUT2D eigenvalue weighted by atomic mass is 9.89. The zero-order valence-corrected chi connectivity index (χ0v) is 12.1. The minimum atomic E-state index is -3.31. The van der Waals surface area contributed by atoms with Crippen molar-refractivity contribution >= 4 is 27.5 Å². The number of isocyanates is 1. The number of halogens is 1. The average molecular weight is 300 g/mol. The van der Waals surface area contributed by atoms with Crippen LogP contribution in [0.1, 0.15) is 31.2 Å². The van der Waals surface area contributed by atoms with Crippen LogP contribution in [0.5, 0.6) is 0 Å². The third-order valence-corrected chi connectivity index (χ3v) is 5.00. The zero-order valence-electron chi connectivity index (χ0n) is 10.5. The lowest BCUT2D eigenvalue weighted by Crippen LogP contribution is -2.20. The fraction of sp³-hybridized carbons (Fsp3) is 0.462. The van der Waals surface area contributed by atoms with Crippen LogP contribution in [-0.2, 0) is 20.2 Å². The van der Waals surface area contributed by atoms with Crippen LogP contribution in [0.2, 0.25) is 5.02 Å². The van der Waals surface area contributed by atoms with Crippen LogP contribution >= 0.6 is 11.6 Å². The van der Waals surface area contributed by atoms with Gasteiger partial charge in [0.05, 0.1) is 10.4 Å². The Hall–Kier alpha value is -1.16. The fourth-order valence-corrected chi connectivity index (χ4v) is 3.52. The Bertz CT molecular complexity index is 642. The lowest BCUT2D eigenvalue weighted by Gasteiger charge is -2.24. The number of nitrogens with zero attached hydrogens (tertiary/aromatic N) is 1. The van der Waals surface area contributed by atoms with Gasteiger partial charge in [0.25, 0.3) is 0 Å². The zero-order chi connectivity index (χ0) is 14.1. The highest BCUT2D eigenvalue weighted by atomic mass is 35.5. The Balaban J connectivity index is 2.63. The first-order chi connectivity index (χ1) is 8.89. The van der Waals surface area contributed by atoms with Crippen molar-refractivity contribution in [1.82, 2.24) is 0 Å². The van der Waals surface area contributed by atoms with Crippen molar-refractivity contribution in [3.05, 3.63) is 28.8 Å². The van der Waals surface area contributed by atoms with Gasteiger partial charge in [0.1, 0.15) is 0 Å². The van der Waals surface area contributed by atoms with E-state index in [1.165, 1.54) is 12.1 Å². The van der Waals surface area contributed by atoms with Crippen molar-refractivity contribution in [3.63, 3.8) is 0 Å². The predicted molar refractivity (Wildman–Crippen MR) is 72.8 cm³/mol. The SMILES string of the molecule is CS(=O)(=O)c1ccc(Cl)c(C2(N=C=O)CCCC2)c1. The molecule has 0 bridgehead atoms. The first kappa shape index (κ1) is 14.3. The predicted octanol–water partition coefficient (Wildman–Crippen LogP) is 2.85. The molecule has 1 aliphatic rings. The molecule has 0 atom stereocenters. The summed E-state index contributed by atoms with van der Waals surface area (Å²) >= 11 is 6.17. The first-order valence-electron chi connectivity index (χ1n) is 5.98. The lowest BCUT2D eigenvalue weighted by molar-refractivity contribution is 0.455. The summed E-state index contributed by atoms with van der Waals surface area (Å²) in [5.74, 6) is 0. The molecule has 0 unspecified atom stereocenters. The standard InChI is InChI=1S/C13H14ClNO3S/c1-19(17,18)10-4-5-12(14)11(8-10)13(15-9-16)6-2-3-7-13/h4-5,8H,2-3,6-7H2,1H3. The van der Waals surface area contributed by atoms with Gasteiger partial charge in [-0.15, -0.1) is 0 Å². The molecule has 1 aromatic rings. The number of hydrogen-bond donors (Lipinski definition) is 0. The number of sulfone groups is 1. The maximum atomic E-state index is 11.6.